The molecule has 0 radical (unpaired) electrons. The fourth-order valence-electron chi connectivity index (χ4n) is 2.29. The molecule has 2 aromatic carbocycles. The van der Waals surface area contributed by atoms with Gasteiger partial charge in [-0.3, -0.25) is 0 Å². The van der Waals surface area contributed by atoms with Gasteiger partial charge < -0.3 is 9.63 Å². The molecule has 3 nitrogen and oxygen atoms in total. The SMILES string of the molecule is OCc1c(-c2c(F)cccc2F)noc1-c1cc(Cl)cc(Cl)c1. The van der Waals surface area contributed by atoms with Gasteiger partial charge in [-0.15, -0.1) is 0 Å². The molecular weight excluding hydrogens is 347 g/mol. The summed E-state index contributed by atoms with van der Waals surface area (Å²) >= 11 is 11.9. The Bertz CT molecular complexity index is 840. The van der Waals surface area contributed by atoms with Crippen molar-refractivity contribution in [2.45, 2.75) is 6.61 Å². The Hall–Kier alpha value is -1.95. The fraction of sp³-hybridized carbons (Fsp3) is 0.0625. The zero-order chi connectivity index (χ0) is 16.6. The number of rotatable bonds is 3. The van der Waals surface area contributed by atoms with Crippen LogP contribution in [0.5, 0.6) is 0 Å². The van der Waals surface area contributed by atoms with Crippen LogP contribution in [0.2, 0.25) is 10.0 Å². The number of aliphatic hydroxyl groups is 1. The van der Waals surface area contributed by atoms with Crippen LogP contribution in [0.25, 0.3) is 22.6 Å². The van der Waals surface area contributed by atoms with E-state index in [0.29, 0.717) is 15.6 Å². The second kappa shape index (κ2) is 6.28. The molecule has 23 heavy (non-hydrogen) atoms. The van der Waals surface area contributed by atoms with Gasteiger partial charge in [0.15, 0.2) is 5.76 Å². The Morgan fingerprint density at radius 1 is 1.04 bits per heavy atom. The number of nitrogens with zero attached hydrogens (tertiary/aromatic N) is 1. The fourth-order valence-corrected chi connectivity index (χ4v) is 2.81. The van der Waals surface area contributed by atoms with Gasteiger partial charge in [0.05, 0.1) is 17.7 Å². The van der Waals surface area contributed by atoms with Gasteiger partial charge >= 0.3 is 0 Å². The molecule has 0 saturated carbocycles. The Balaban J connectivity index is 2.21. The first-order valence-corrected chi connectivity index (χ1v) is 7.27. The lowest BCUT2D eigenvalue weighted by atomic mass is 10.0. The highest BCUT2D eigenvalue weighted by Crippen LogP contribution is 2.36. The Morgan fingerprint density at radius 2 is 1.65 bits per heavy atom. The number of hydrogen-bond acceptors (Lipinski definition) is 3. The molecule has 0 unspecified atom stereocenters. The molecule has 1 heterocycles. The average Bonchev–Trinajstić information content (AvgIpc) is 2.89. The summed E-state index contributed by atoms with van der Waals surface area (Å²) in [6.45, 7) is -0.522. The Morgan fingerprint density at radius 3 is 2.22 bits per heavy atom. The highest BCUT2D eigenvalue weighted by Gasteiger charge is 2.23. The molecule has 0 aliphatic heterocycles. The van der Waals surface area contributed by atoms with Crippen molar-refractivity contribution in [2.75, 3.05) is 0 Å². The van der Waals surface area contributed by atoms with Gasteiger partial charge in [-0.1, -0.05) is 34.4 Å². The van der Waals surface area contributed by atoms with E-state index >= 15 is 0 Å². The monoisotopic (exact) mass is 355 g/mol. The summed E-state index contributed by atoms with van der Waals surface area (Å²) in [6, 6.07) is 8.07. The zero-order valence-electron chi connectivity index (χ0n) is 11.5. The molecule has 3 rings (SSSR count). The summed E-state index contributed by atoms with van der Waals surface area (Å²) in [6.07, 6.45) is 0. The normalized spacial score (nSPS) is 11.0. The smallest absolute Gasteiger partial charge is 0.173 e. The third-order valence-corrected chi connectivity index (χ3v) is 3.71. The second-order valence-electron chi connectivity index (χ2n) is 4.75. The molecule has 118 valence electrons. The van der Waals surface area contributed by atoms with E-state index in [4.69, 9.17) is 27.7 Å². The van der Waals surface area contributed by atoms with Crippen molar-refractivity contribution in [3.63, 3.8) is 0 Å². The van der Waals surface area contributed by atoms with Crippen LogP contribution in [0.1, 0.15) is 5.56 Å². The van der Waals surface area contributed by atoms with Crippen LogP contribution in [0.4, 0.5) is 8.78 Å². The van der Waals surface area contributed by atoms with Gasteiger partial charge in [0.25, 0.3) is 0 Å². The van der Waals surface area contributed by atoms with Crippen LogP contribution in [-0.4, -0.2) is 10.3 Å². The maximum absolute atomic E-state index is 13.9. The van der Waals surface area contributed by atoms with E-state index < -0.39 is 18.2 Å². The number of hydrogen-bond donors (Lipinski definition) is 1. The Kier molecular flexibility index (Phi) is 4.35. The number of halogens is 4. The van der Waals surface area contributed by atoms with Crippen molar-refractivity contribution in [1.82, 2.24) is 5.16 Å². The highest BCUT2D eigenvalue weighted by atomic mass is 35.5. The first kappa shape index (κ1) is 15.9. The lowest BCUT2D eigenvalue weighted by Crippen LogP contribution is -1.95. The van der Waals surface area contributed by atoms with Crippen LogP contribution < -0.4 is 0 Å². The predicted octanol–water partition coefficient (Wildman–Crippen LogP) is 5.09. The summed E-state index contributed by atoms with van der Waals surface area (Å²) in [4.78, 5) is 0. The molecule has 0 aliphatic rings. The summed E-state index contributed by atoms with van der Waals surface area (Å²) < 4.78 is 33.1. The van der Waals surface area contributed by atoms with E-state index in [1.807, 2.05) is 0 Å². The van der Waals surface area contributed by atoms with E-state index in [1.165, 1.54) is 12.1 Å². The molecule has 0 atom stereocenters. The highest BCUT2D eigenvalue weighted by molar-refractivity contribution is 6.35. The van der Waals surface area contributed by atoms with E-state index in [2.05, 4.69) is 5.16 Å². The van der Waals surface area contributed by atoms with E-state index in [9.17, 15) is 13.9 Å². The second-order valence-corrected chi connectivity index (χ2v) is 5.62. The van der Waals surface area contributed by atoms with Crippen molar-refractivity contribution < 1.29 is 18.4 Å². The average molecular weight is 356 g/mol. The van der Waals surface area contributed by atoms with Gasteiger partial charge in [-0.2, -0.15) is 0 Å². The van der Waals surface area contributed by atoms with Crippen molar-refractivity contribution in [1.29, 1.82) is 0 Å². The molecule has 0 fully saturated rings. The number of aromatic nitrogens is 1. The van der Waals surface area contributed by atoms with E-state index in [-0.39, 0.29) is 22.6 Å². The molecule has 0 bridgehead atoms. The topological polar surface area (TPSA) is 46.3 Å². The van der Waals surface area contributed by atoms with E-state index in [1.54, 1.807) is 12.1 Å². The van der Waals surface area contributed by atoms with Crippen LogP contribution >= 0.6 is 23.2 Å². The van der Waals surface area contributed by atoms with Gasteiger partial charge in [-0.05, 0) is 30.3 Å². The van der Waals surface area contributed by atoms with Crippen LogP contribution in [0.3, 0.4) is 0 Å². The largest absolute Gasteiger partial charge is 0.391 e. The minimum Gasteiger partial charge on any atom is -0.391 e. The van der Waals surface area contributed by atoms with Gasteiger partial charge in [0.2, 0.25) is 0 Å². The minimum atomic E-state index is -0.802. The maximum Gasteiger partial charge on any atom is 0.173 e. The zero-order valence-corrected chi connectivity index (χ0v) is 13.0. The summed E-state index contributed by atoms with van der Waals surface area (Å²) in [7, 11) is 0. The van der Waals surface area contributed by atoms with Crippen LogP contribution in [-0.2, 0) is 6.61 Å². The summed E-state index contributed by atoms with van der Waals surface area (Å²) in [5, 5.41) is 14.0. The summed E-state index contributed by atoms with van der Waals surface area (Å²) in [5.74, 6) is -1.46. The van der Waals surface area contributed by atoms with Crippen molar-refractivity contribution in [2.24, 2.45) is 0 Å². The lowest BCUT2D eigenvalue weighted by molar-refractivity contribution is 0.281. The Labute approximate surface area is 140 Å². The quantitative estimate of drug-likeness (QED) is 0.711. The predicted molar refractivity (Wildman–Crippen MR) is 83.2 cm³/mol. The molecule has 0 amide bonds. The lowest BCUT2D eigenvalue weighted by Gasteiger charge is -2.04. The molecular formula is C16H9Cl2F2NO2. The molecule has 7 heteroatoms. The van der Waals surface area contributed by atoms with E-state index in [0.717, 1.165) is 12.1 Å². The van der Waals surface area contributed by atoms with Crippen LogP contribution in [0, 0.1) is 11.6 Å². The van der Waals surface area contributed by atoms with Crippen molar-refractivity contribution >= 4 is 23.2 Å². The molecule has 0 aliphatic carbocycles. The first-order valence-electron chi connectivity index (χ1n) is 6.51. The van der Waals surface area contributed by atoms with Crippen molar-refractivity contribution in [3.8, 4) is 22.6 Å². The molecule has 0 spiro atoms. The molecule has 1 N–H and O–H groups in total. The maximum atomic E-state index is 13.9. The molecule has 0 saturated heterocycles. The van der Waals surface area contributed by atoms with Gasteiger partial charge in [0, 0.05) is 15.6 Å². The van der Waals surface area contributed by atoms with Crippen molar-refractivity contribution in [3.05, 3.63) is 63.6 Å². The molecule has 3 aromatic rings. The summed E-state index contributed by atoms with van der Waals surface area (Å²) in [5.41, 5.74) is 0.128. The van der Waals surface area contributed by atoms with Gasteiger partial charge in [0.1, 0.15) is 17.3 Å². The number of aliphatic hydroxyl groups excluding tert-OH is 1. The minimum absolute atomic E-state index is 0.103. The third-order valence-electron chi connectivity index (χ3n) is 3.27. The number of benzene rings is 2. The van der Waals surface area contributed by atoms with Gasteiger partial charge in [-0.25, -0.2) is 8.78 Å². The first-order chi connectivity index (χ1) is 11.0. The third kappa shape index (κ3) is 2.95. The van der Waals surface area contributed by atoms with Crippen LogP contribution in [0.15, 0.2) is 40.9 Å². The molecule has 1 aromatic heterocycles. The standard InChI is InChI=1S/C16H9Cl2F2NO2/c17-9-4-8(5-10(18)6-9)16-11(7-22)15(21-23-16)14-12(19)2-1-3-13(14)20/h1-6,22H,7H2.